The molecule has 0 heterocycles. The largest absolute Gasteiger partial charge is 0.303 e. The van der Waals surface area contributed by atoms with E-state index in [0.717, 1.165) is 23.4 Å². The van der Waals surface area contributed by atoms with E-state index >= 15 is 0 Å². The SMILES string of the molecule is CCC(NC(CC)c1cccc(Cl)c1)c1cccc(F)c1. The molecule has 2 rings (SSSR count). The van der Waals surface area contributed by atoms with E-state index in [-0.39, 0.29) is 17.9 Å². The van der Waals surface area contributed by atoms with Crippen molar-refractivity contribution in [1.82, 2.24) is 5.32 Å². The Kier molecular flexibility index (Phi) is 5.77. The van der Waals surface area contributed by atoms with Gasteiger partial charge in [0.2, 0.25) is 0 Å². The van der Waals surface area contributed by atoms with Crippen molar-refractivity contribution in [1.29, 1.82) is 0 Å². The summed E-state index contributed by atoms with van der Waals surface area (Å²) in [4.78, 5) is 0. The number of benzene rings is 2. The van der Waals surface area contributed by atoms with Crippen LogP contribution in [0.2, 0.25) is 5.02 Å². The zero-order valence-electron chi connectivity index (χ0n) is 12.4. The first-order chi connectivity index (χ1) is 10.1. The highest BCUT2D eigenvalue weighted by Crippen LogP contribution is 2.26. The summed E-state index contributed by atoms with van der Waals surface area (Å²) in [6.45, 7) is 4.24. The molecule has 0 bridgehead atoms. The minimum atomic E-state index is -0.191. The normalized spacial score (nSPS) is 13.9. The zero-order valence-corrected chi connectivity index (χ0v) is 13.2. The molecule has 2 atom stereocenters. The van der Waals surface area contributed by atoms with E-state index < -0.39 is 0 Å². The molecule has 1 nitrogen and oxygen atoms in total. The van der Waals surface area contributed by atoms with Crippen LogP contribution in [0.4, 0.5) is 4.39 Å². The maximum Gasteiger partial charge on any atom is 0.123 e. The predicted molar refractivity (Wildman–Crippen MR) is 87.1 cm³/mol. The van der Waals surface area contributed by atoms with Crippen LogP contribution in [0.25, 0.3) is 0 Å². The van der Waals surface area contributed by atoms with E-state index in [4.69, 9.17) is 11.6 Å². The number of rotatable bonds is 6. The Bertz CT molecular complexity index is 533. The van der Waals surface area contributed by atoms with E-state index in [1.54, 1.807) is 12.1 Å². The topological polar surface area (TPSA) is 12.0 Å². The highest BCUT2D eigenvalue weighted by molar-refractivity contribution is 6.30. The first-order valence-corrected chi connectivity index (χ1v) is 7.78. The molecule has 0 aliphatic heterocycles. The fraction of sp³-hybridized carbons (Fsp3) is 0.333. The molecule has 0 saturated carbocycles. The highest BCUT2D eigenvalue weighted by Gasteiger charge is 2.16. The fourth-order valence-electron chi connectivity index (χ4n) is 2.59. The van der Waals surface area contributed by atoms with Gasteiger partial charge >= 0.3 is 0 Å². The molecule has 112 valence electrons. The van der Waals surface area contributed by atoms with Crippen molar-refractivity contribution in [2.45, 2.75) is 38.8 Å². The van der Waals surface area contributed by atoms with Crippen molar-refractivity contribution in [2.24, 2.45) is 0 Å². The minimum absolute atomic E-state index is 0.129. The van der Waals surface area contributed by atoms with Gasteiger partial charge in [0.25, 0.3) is 0 Å². The van der Waals surface area contributed by atoms with Crippen LogP contribution in [0.1, 0.15) is 49.9 Å². The third-order valence-corrected chi connectivity index (χ3v) is 3.96. The highest BCUT2D eigenvalue weighted by atomic mass is 35.5. The van der Waals surface area contributed by atoms with Crippen molar-refractivity contribution >= 4 is 11.6 Å². The van der Waals surface area contributed by atoms with E-state index in [0.29, 0.717) is 0 Å². The Labute approximate surface area is 131 Å². The summed E-state index contributed by atoms with van der Waals surface area (Å²) in [5, 5.41) is 4.36. The summed E-state index contributed by atoms with van der Waals surface area (Å²) in [5.41, 5.74) is 2.15. The second-order valence-corrected chi connectivity index (χ2v) is 5.63. The number of halogens is 2. The van der Waals surface area contributed by atoms with E-state index in [1.165, 1.54) is 11.6 Å². The second-order valence-electron chi connectivity index (χ2n) is 5.20. The Morgan fingerprint density at radius 1 is 0.952 bits per heavy atom. The molecule has 0 spiro atoms. The summed E-state index contributed by atoms with van der Waals surface area (Å²) in [6.07, 6.45) is 1.85. The zero-order chi connectivity index (χ0) is 15.2. The smallest absolute Gasteiger partial charge is 0.123 e. The van der Waals surface area contributed by atoms with Gasteiger partial charge in [-0.05, 0) is 48.2 Å². The molecule has 3 heteroatoms. The maximum absolute atomic E-state index is 13.4. The molecule has 0 amide bonds. The molecule has 2 aromatic carbocycles. The van der Waals surface area contributed by atoms with Crippen molar-refractivity contribution in [3.63, 3.8) is 0 Å². The molecule has 2 aromatic rings. The molecule has 0 saturated heterocycles. The van der Waals surface area contributed by atoms with Gasteiger partial charge in [-0.2, -0.15) is 0 Å². The molecular weight excluding hydrogens is 285 g/mol. The molecule has 0 aromatic heterocycles. The van der Waals surface area contributed by atoms with Gasteiger partial charge in [0.15, 0.2) is 0 Å². The first kappa shape index (κ1) is 16.0. The van der Waals surface area contributed by atoms with Gasteiger partial charge in [0.1, 0.15) is 5.82 Å². The van der Waals surface area contributed by atoms with Crippen LogP contribution in [0.3, 0.4) is 0 Å². The molecular formula is C18H21ClFN. The van der Waals surface area contributed by atoms with Crippen molar-refractivity contribution in [2.75, 3.05) is 0 Å². The van der Waals surface area contributed by atoms with Crippen LogP contribution in [-0.2, 0) is 0 Å². The van der Waals surface area contributed by atoms with Crippen molar-refractivity contribution < 1.29 is 4.39 Å². The summed E-state index contributed by atoms with van der Waals surface area (Å²) in [7, 11) is 0. The number of hydrogen-bond acceptors (Lipinski definition) is 1. The van der Waals surface area contributed by atoms with Crippen molar-refractivity contribution in [3.8, 4) is 0 Å². The molecule has 0 fully saturated rings. The quantitative estimate of drug-likeness (QED) is 0.725. The Hall–Kier alpha value is -1.38. The van der Waals surface area contributed by atoms with Crippen LogP contribution in [0.5, 0.6) is 0 Å². The monoisotopic (exact) mass is 305 g/mol. The fourth-order valence-corrected chi connectivity index (χ4v) is 2.79. The minimum Gasteiger partial charge on any atom is -0.303 e. The lowest BCUT2D eigenvalue weighted by Gasteiger charge is -2.25. The van der Waals surface area contributed by atoms with Crippen LogP contribution in [-0.4, -0.2) is 0 Å². The van der Waals surface area contributed by atoms with Crippen LogP contribution < -0.4 is 5.32 Å². The van der Waals surface area contributed by atoms with Crippen LogP contribution in [0.15, 0.2) is 48.5 Å². The Balaban J connectivity index is 2.19. The molecule has 21 heavy (non-hydrogen) atoms. The van der Waals surface area contributed by atoms with Gasteiger partial charge in [-0.1, -0.05) is 49.7 Å². The van der Waals surface area contributed by atoms with E-state index in [9.17, 15) is 4.39 Å². The van der Waals surface area contributed by atoms with Gasteiger partial charge in [0.05, 0.1) is 0 Å². The maximum atomic E-state index is 13.4. The lowest BCUT2D eigenvalue weighted by Crippen LogP contribution is -2.26. The average molecular weight is 306 g/mol. The summed E-state index contributed by atoms with van der Waals surface area (Å²) >= 11 is 6.08. The van der Waals surface area contributed by atoms with Gasteiger partial charge < -0.3 is 5.32 Å². The van der Waals surface area contributed by atoms with E-state index in [1.807, 2.05) is 24.3 Å². The van der Waals surface area contributed by atoms with Crippen LogP contribution in [0, 0.1) is 5.82 Å². The van der Waals surface area contributed by atoms with Gasteiger partial charge in [-0.25, -0.2) is 4.39 Å². The van der Waals surface area contributed by atoms with Gasteiger partial charge in [-0.15, -0.1) is 0 Å². The second kappa shape index (κ2) is 7.58. The summed E-state index contributed by atoms with van der Waals surface area (Å²) in [5.74, 6) is -0.191. The molecule has 0 radical (unpaired) electrons. The molecule has 2 unspecified atom stereocenters. The third-order valence-electron chi connectivity index (χ3n) is 3.72. The predicted octanol–water partition coefficient (Wildman–Crippen LogP) is 5.67. The lowest BCUT2D eigenvalue weighted by molar-refractivity contribution is 0.424. The number of nitrogens with one attached hydrogen (secondary N) is 1. The summed E-state index contributed by atoms with van der Waals surface area (Å²) < 4.78 is 13.4. The third kappa shape index (κ3) is 4.29. The lowest BCUT2D eigenvalue weighted by atomic mass is 9.99. The molecule has 1 N–H and O–H groups in total. The summed E-state index contributed by atoms with van der Waals surface area (Å²) in [6, 6.07) is 15.0. The first-order valence-electron chi connectivity index (χ1n) is 7.41. The van der Waals surface area contributed by atoms with Crippen molar-refractivity contribution in [3.05, 3.63) is 70.5 Å². The van der Waals surface area contributed by atoms with Crippen LogP contribution >= 0.6 is 11.6 Å². The standard InChI is InChI=1S/C18H21ClFN/c1-3-17(13-7-5-9-15(19)11-13)21-18(4-2)14-8-6-10-16(20)12-14/h5-12,17-18,21H,3-4H2,1-2H3. The number of hydrogen-bond donors (Lipinski definition) is 1. The van der Waals surface area contributed by atoms with Gasteiger partial charge in [-0.3, -0.25) is 0 Å². The molecule has 0 aliphatic rings. The molecule has 0 aliphatic carbocycles. The van der Waals surface area contributed by atoms with Gasteiger partial charge in [0, 0.05) is 17.1 Å². The average Bonchev–Trinajstić information content (AvgIpc) is 2.48. The Morgan fingerprint density at radius 3 is 2.05 bits per heavy atom. The van der Waals surface area contributed by atoms with E-state index in [2.05, 4.69) is 25.2 Å². The Morgan fingerprint density at radius 2 is 1.52 bits per heavy atom.